The van der Waals surface area contributed by atoms with Gasteiger partial charge in [0.15, 0.2) is 0 Å². The molecule has 98 valence electrons. The number of likely N-dealkylation sites (tertiary alicyclic amines) is 1. The van der Waals surface area contributed by atoms with Crippen LogP contribution in [0.3, 0.4) is 0 Å². The van der Waals surface area contributed by atoms with Crippen LogP contribution in [0.2, 0.25) is 5.02 Å². The van der Waals surface area contributed by atoms with Gasteiger partial charge in [-0.05, 0) is 37.1 Å². The first kappa shape index (κ1) is 13.3. The fourth-order valence-electron chi connectivity index (χ4n) is 2.49. The summed E-state index contributed by atoms with van der Waals surface area (Å²) in [7, 11) is 0. The third-order valence-electron chi connectivity index (χ3n) is 3.44. The summed E-state index contributed by atoms with van der Waals surface area (Å²) < 4.78 is 13.6. The third-order valence-corrected chi connectivity index (χ3v) is 3.67. The predicted molar refractivity (Wildman–Crippen MR) is 67.0 cm³/mol. The number of aliphatic carboxylic acids is 1. The molecule has 0 spiro atoms. The lowest BCUT2D eigenvalue weighted by molar-refractivity contribution is -0.143. The summed E-state index contributed by atoms with van der Waals surface area (Å²) in [5.41, 5.74) is 0.447. The minimum atomic E-state index is -0.845. The van der Waals surface area contributed by atoms with Crippen LogP contribution >= 0.6 is 11.6 Å². The molecule has 2 rings (SSSR count). The highest BCUT2D eigenvalue weighted by Crippen LogP contribution is 2.27. The van der Waals surface area contributed by atoms with Crippen molar-refractivity contribution >= 4 is 17.6 Å². The van der Waals surface area contributed by atoms with Gasteiger partial charge in [0.05, 0.1) is 0 Å². The summed E-state index contributed by atoms with van der Waals surface area (Å²) in [5, 5.41) is 9.66. The van der Waals surface area contributed by atoms with Crippen LogP contribution < -0.4 is 0 Å². The van der Waals surface area contributed by atoms with Gasteiger partial charge in [0.2, 0.25) is 0 Å². The molecule has 3 nitrogen and oxygen atoms in total. The molecule has 0 amide bonds. The number of carbonyl (C=O) groups is 1. The van der Waals surface area contributed by atoms with E-state index in [1.54, 1.807) is 11.0 Å². The highest BCUT2D eigenvalue weighted by Gasteiger charge is 2.36. The van der Waals surface area contributed by atoms with Gasteiger partial charge >= 0.3 is 5.97 Å². The van der Waals surface area contributed by atoms with Crippen molar-refractivity contribution in [2.75, 3.05) is 6.54 Å². The van der Waals surface area contributed by atoms with E-state index in [2.05, 4.69) is 0 Å². The molecule has 1 aromatic carbocycles. The molecule has 0 aromatic heterocycles. The Bertz CT molecular complexity index is 466. The second kappa shape index (κ2) is 5.24. The van der Waals surface area contributed by atoms with Gasteiger partial charge in [-0.15, -0.1) is 0 Å². The van der Waals surface area contributed by atoms with Gasteiger partial charge in [0.1, 0.15) is 11.9 Å². The van der Waals surface area contributed by atoms with Crippen LogP contribution in [0.1, 0.15) is 18.9 Å². The monoisotopic (exact) mass is 271 g/mol. The molecule has 18 heavy (non-hydrogen) atoms. The molecule has 2 unspecified atom stereocenters. The number of rotatable bonds is 3. The highest BCUT2D eigenvalue weighted by molar-refractivity contribution is 6.30. The second-order valence-electron chi connectivity index (χ2n) is 4.76. The third kappa shape index (κ3) is 2.65. The Balaban J connectivity index is 2.18. The van der Waals surface area contributed by atoms with Crippen molar-refractivity contribution in [3.05, 3.63) is 34.6 Å². The zero-order chi connectivity index (χ0) is 13.3. The van der Waals surface area contributed by atoms with Crippen molar-refractivity contribution in [2.24, 2.45) is 5.92 Å². The maximum Gasteiger partial charge on any atom is 0.321 e. The largest absolute Gasteiger partial charge is 0.480 e. The number of benzene rings is 1. The van der Waals surface area contributed by atoms with Crippen molar-refractivity contribution in [3.8, 4) is 0 Å². The Morgan fingerprint density at radius 2 is 2.33 bits per heavy atom. The summed E-state index contributed by atoms with van der Waals surface area (Å²) >= 11 is 5.83. The maximum atomic E-state index is 13.6. The van der Waals surface area contributed by atoms with E-state index in [0.717, 1.165) is 6.42 Å². The van der Waals surface area contributed by atoms with Crippen LogP contribution in [-0.4, -0.2) is 28.6 Å². The van der Waals surface area contributed by atoms with Crippen LogP contribution in [0.5, 0.6) is 0 Å². The fourth-order valence-corrected chi connectivity index (χ4v) is 2.68. The van der Waals surface area contributed by atoms with E-state index >= 15 is 0 Å². The van der Waals surface area contributed by atoms with Crippen molar-refractivity contribution in [1.29, 1.82) is 0 Å². The van der Waals surface area contributed by atoms with Gasteiger partial charge in [0.25, 0.3) is 0 Å². The Kier molecular flexibility index (Phi) is 3.88. The van der Waals surface area contributed by atoms with E-state index in [-0.39, 0.29) is 18.3 Å². The zero-order valence-corrected chi connectivity index (χ0v) is 10.8. The molecule has 1 fully saturated rings. The first-order chi connectivity index (χ1) is 8.49. The normalized spacial score (nSPS) is 24.4. The Morgan fingerprint density at radius 1 is 1.61 bits per heavy atom. The molecule has 2 atom stereocenters. The second-order valence-corrected chi connectivity index (χ2v) is 5.19. The Morgan fingerprint density at radius 3 is 3.00 bits per heavy atom. The standard InChI is InChI=1S/C13H15ClFNO2/c1-8-4-5-16(12(8)13(17)18)7-9-6-10(14)2-3-11(9)15/h2-3,6,8,12H,4-5,7H2,1H3,(H,17,18). The molecule has 5 heteroatoms. The van der Waals surface area contributed by atoms with Crippen molar-refractivity contribution in [1.82, 2.24) is 4.90 Å². The zero-order valence-electron chi connectivity index (χ0n) is 10.1. The lowest BCUT2D eigenvalue weighted by atomic mass is 10.0. The summed E-state index contributed by atoms with van der Waals surface area (Å²) in [6, 6.07) is 3.82. The molecular weight excluding hydrogens is 257 g/mol. The van der Waals surface area contributed by atoms with Gasteiger partial charge in [0, 0.05) is 17.1 Å². The molecule has 1 aliphatic rings. The molecular formula is C13H15ClFNO2. The quantitative estimate of drug-likeness (QED) is 0.919. The SMILES string of the molecule is CC1CCN(Cc2cc(Cl)ccc2F)C1C(=O)O. The van der Waals surface area contributed by atoms with E-state index in [4.69, 9.17) is 11.6 Å². The van der Waals surface area contributed by atoms with E-state index in [0.29, 0.717) is 17.1 Å². The summed E-state index contributed by atoms with van der Waals surface area (Å²) in [6.07, 6.45) is 0.819. The van der Waals surface area contributed by atoms with E-state index < -0.39 is 12.0 Å². The van der Waals surface area contributed by atoms with Gasteiger partial charge < -0.3 is 5.11 Å². The number of nitrogens with zero attached hydrogens (tertiary/aromatic N) is 1. The van der Waals surface area contributed by atoms with Crippen molar-refractivity contribution < 1.29 is 14.3 Å². The molecule has 1 saturated heterocycles. The van der Waals surface area contributed by atoms with E-state index in [1.165, 1.54) is 12.1 Å². The summed E-state index contributed by atoms with van der Waals surface area (Å²) in [4.78, 5) is 13.0. The Hall–Kier alpha value is -1.13. The van der Waals surface area contributed by atoms with Crippen LogP contribution in [0.15, 0.2) is 18.2 Å². The molecule has 1 heterocycles. The smallest absolute Gasteiger partial charge is 0.321 e. The molecule has 0 radical (unpaired) electrons. The van der Waals surface area contributed by atoms with Gasteiger partial charge in [-0.1, -0.05) is 18.5 Å². The number of hydrogen-bond donors (Lipinski definition) is 1. The van der Waals surface area contributed by atoms with Gasteiger partial charge in [-0.25, -0.2) is 4.39 Å². The van der Waals surface area contributed by atoms with Crippen LogP contribution in [0, 0.1) is 11.7 Å². The predicted octanol–water partition coefficient (Wildman–Crippen LogP) is 2.77. The topological polar surface area (TPSA) is 40.5 Å². The average Bonchev–Trinajstić information content (AvgIpc) is 2.65. The molecule has 0 bridgehead atoms. The van der Waals surface area contributed by atoms with Crippen LogP contribution in [0.4, 0.5) is 4.39 Å². The Labute approximate surface area is 110 Å². The maximum absolute atomic E-state index is 13.6. The lowest BCUT2D eigenvalue weighted by Crippen LogP contribution is -2.38. The summed E-state index contributed by atoms with van der Waals surface area (Å²) in [5.74, 6) is -1.10. The molecule has 1 aromatic rings. The number of halogens is 2. The van der Waals surface area contributed by atoms with Crippen molar-refractivity contribution in [3.63, 3.8) is 0 Å². The fraction of sp³-hybridized carbons (Fsp3) is 0.462. The molecule has 1 aliphatic heterocycles. The van der Waals surface area contributed by atoms with Crippen molar-refractivity contribution in [2.45, 2.75) is 25.9 Å². The molecule has 1 N–H and O–H groups in total. The minimum absolute atomic E-state index is 0.0877. The highest BCUT2D eigenvalue weighted by atomic mass is 35.5. The van der Waals surface area contributed by atoms with Crippen LogP contribution in [-0.2, 0) is 11.3 Å². The number of carboxylic acids is 1. The van der Waals surface area contributed by atoms with Gasteiger partial charge in [-0.2, -0.15) is 0 Å². The van der Waals surface area contributed by atoms with Gasteiger partial charge in [-0.3, -0.25) is 9.69 Å². The average molecular weight is 272 g/mol. The molecule has 0 aliphatic carbocycles. The number of carboxylic acid groups (broad SMARTS) is 1. The van der Waals surface area contributed by atoms with E-state index in [9.17, 15) is 14.3 Å². The summed E-state index contributed by atoms with van der Waals surface area (Å²) in [6.45, 7) is 2.87. The van der Waals surface area contributed by atoms with E-state index in [1.807, 2.05) is 6.92 Å². The first-order valence-corrected chi connectivity index (χ1v) is 6.27. The first-order valence-electron chi connectivity index (χ1n) is 5.90. The van der Waals surface area contributed by atoms with Crippen LogP contribution in [0.25, 0.3) is 0 Å². The molecule has 0 saturated carbocycles. The minimum Gasteiger partial charge on any atom is -0.480 e. The lowest BCUT2D eigenvalue weighted by Gasteiger charge is -2.23. The number of hydrogen-bond acceptors (Lipinski definition) is 2.